The van der Waals surface area contributed by atoms with Crippen LogP contribution in [0.1, 0.15) is 37.7 Å². The predicted octanol–water partition coefficient (Wildman–Crippen LogP) is 3.73. The number of rotatable bonds is 5. The number of aliphatic hydroxyl groups is 1. The maximum Gasteiger partial charge on any atom is 0.123 e. The van der Waals surface area contributed by atoms with Crippen LogP contribution < -0.4 is 0 Å². The molecule has 1 aliphatic rings. The van der Waals surface area contributed by atoms with Crippen molar-refractivity contribution in [3.05, 3.63) is 34.6 Å². The molecule has 0 bridgehead atoms. The van der Waals surface area contributed by atoms with E-state index in [0.717, 1.165) is 25.9 Å². The van der Waals surface area contributed by atoms with Crippen molar-refractivity contribution in [3.8, 4) is 0 Å². The molecule has 4 heteroatoms. The van der Waals surface area contributed by atoms with Gasteiger partial charge in [0.15, 0.2) is 0 Å². The van der Waals surface area contributed by atoms with Crippen molar-refractivity contribution in [1.29, 1.82) is 0 Å². The van der Waals surface area contributed by atoms with Crippen LogP contribution in [-0.4, -0.2) is 23.9 Å². The Morgan fingerprint density at radius 3 is 3.00 bits per heavy atom. The summed E-state index contributed by atoms with van der Waals surface area (Å²) in [6.07, 6.45) is 5.10. The van der Waals surface area contributed by atoms with Gasteiger partial charge in [-0.2, -0.15) is 0 Å². The molecule has 0 radical (unpaired) electrons. The molecular weight excluding hydrogens is 267 g/mol. The Bertz CT molecular complexity index is 405. The smallest absolute Gasteiger partial charge is 0.123 e. The molecule has 0 spiro atoms. The summed E-state index contributed by atoms with van der Waals surface area (Å²) in [7, 11) is 0. The molecular formula is C15H20ClFO2. The third-order valence-corrected chi connectivity index (χ3v) is 3.93. The lowest BCUT2D eigenvalue weighted by molar-refractivity contribution is 0.00234. The molecule has 0 aliphatic carbocycles. The van der Waals surface area contributed by atoms with Gasteiger partial charge in [0.2, 0.25) is 0 Å². The summed E-state index contributed by atoms with van der Waals surface area (Å²) in [5, 5.41) is 10.5. The third kappa shape index (κ3) is 4.75. The highest BCUT2D eigenvalue weighted by Crippen LogP contribution is 2.22. The minimum Gasteiger partial charge on any atom is -0.393 e. The number of hydrogen-bond acceptors (Lipinski definition) is 2. The van der Waals surface area contributed by atoms with Gasteiger partial charge in [-0.3, -0.25) is 0 Å². The second-order valence-corrected chi connectivity index (χ2v) is 5.57. The molecule has 1 aliphatic heterocycles. The standard InChI is InChI=1S/C15H20ClFO2/c16-15-7-4-12(17)9-11(15)10-13(18)5-6-14-3-1-2-8-19-14/h4,7,9,13-14,18H,1-3,5-6,8,10H2. The minimum absolute atomic E-state index is 0.270. The first-order chi connectivity index (χ1) is 9.15. The van der Waals surface area contributed by atoms with E-state index in [9.17, 15) is 9.50 Å². The van der Waals surface area contributed by atoms with Gasteiger partial charge >= 0.3 is 0 Å². The van der Waals surface area contributed by atoms with E-state index >= 15 is 0 Å². The second kappa shape index (κ2) is 7.22. The van der Waals surface area contributed by atoms with Gasteiger partial charge in [0.05, 0.1) is 12.2 Å². The molecule has 1 aromatic rings. The van der Waals surface area contributed by atoms with E-state index in [2.05, 4.69) is 0 Å². The van der Waals surface area contributed by atoms with Gasteiger partial charge in [0.25, 0.3) is 0 Å². The molecule has 1 N–H and O–H groups in total. The van der Waals surface area contributed by atoms with Crippen molar-refractivity contribution in [3.63, 3.8) is 0 Å². The highest BCUT2D eigenvalue weighted by atomic mass is 35.5. The first kappa shape index (κ1) is 14.8. The van der Waals surface area contributed by atoms with E-state index in [4.69, 9.17) is 16.3 Å². The van der Waals surface area contributed by atoms with Crippen molar-refractivity contribution in [2.24, 2.45) is 0 Å². The van der Waals surface area contributed by atoms with E-state index < -0.39 is 6.10 Å². The first-order valence-electron chi connectivity index (χ1n) is 6.89. The van der Waals surface area contributed by atoms with Crippen LogP contribution in [0, 0.1) is 5.82 Å². The fourth-order valence-electron chi connectivity index (χ4n) is 2.47. The molecule has 2 atom stereocenters. The zero-order chi connectivity index (χ0) is 13.7. The zero-order valence-corrected chi connectivity index (χ0v) is 11.7. The highest BCUT2D eigenvalue weighted by Gasteiger charge is 2.16. The Balaban J connectivity index is 1.80. The number of halogens is 2. The normalized spacial score (nSPS) is 21.3. The summed E-state index contributed by atoms with van der Waals surface area (Å²) in [5.74, 6) is -0.317. The first-order valence-corrected chi connectivity index (χ1v) is 7.26. The summed E-state index contributed by atoms with van der Waals surface area (Å²) >= 11 is 5.99. The third-order valence-electron chi connectivity index (χ3n) is 3.56. The predicted molar refractivity (Wildman–Crippen MR) is 73.9 cm³/mol. The summed E-state index contributed by atoms with van der Waals surface area (Å²) in [6.45, 7) is 0.830. The van der Waals surface area contributed by atoms with Crippen LogP contribution in [0.15, 0.2) is 18.2 Å². The fourth-order valence-corrected chi connectivity index (χ4v) is 2.66. The topological polar surface area (TPSA) is 29.5 Å². The summed E-state index contributed by atoms with van der Waals surface area (Å²) in [5.41, 5.74) is 0.665. The molecule has 1 aromatic carbocycles. The maximum absolute atomic E-state index is 13.1. The van der Waals surface area contributed by atoms with Crippen molar-refractivity contribution in [2.45, 2.75) is 50.7 Å². The van der Waals surface area contributed by atoms with Gasteiger partial charge in [-0.05, 0) is 62.3 Å². The number of benzene rings is 1. The quantitative estimate of drug-likeness (QED) is 0.894. The van der Waals surface area contributed by atoms with Crippen LogP contribution in [0.2, 0.25) is 5.02 Å². The monoisotopic (exact) mass is 286 g/mol. The summed E-state index contributed by atoms with van der Waals surface area (Å²) in [4.78, 5) is 0. The van der Waals surface area contributed by atoms with E-state index in [-0.39, 0.29) is 11.9 Å². The molecule has 106 valence electrons. The summed E-state index contributed by atoms with van der Waals surface area (Å²) in [6, 6.07) is 4.25. The van der Waals surface area contributed by atoms with E-state index in [1.807, 2.05) is 0 Å². The lowest BCUT2D eigenvalue weighted by Gasteiger charge is -2.23. The van der Waals surface area contributed by atoms with Crippen molar-refractivity contribution in [2.75, 3.05) is 6.61 Å². The molecule has 0 aromatic heterocycles. The van der Waals surface area contributed by atoms with Crippen molar-refractivity contribution in [1.82, 2.24) is 0 Å². The number of ether oxygens (including phenoxy) is 1. The van der Waals surface area contributed by atoms with Crippen molar-refractivity contribution < 1.29 is 14.2 Å². The number of aliphatic hydroxyl groups excluding tert-OH is 1. The highest BCUT2D eigenvalue weighted by molar-refractivity contribution is 6.31. The van der Waals surface area contributed by atoms with Gasteiger partial charge < -0.3 is 9.84 Å². The van der Waals surface area contributed by atoms with Gasteiger partial charge in [0, 0.05) is 11.6 Å². The van der Waals surface area contributed by atoms with Crippen LogP contribution >= 0.6 is 11.6 Å². The molecule has 1 heterocycles. The molecule has 0 amide bonds. The van der Waals surface area contributed by atoms with Crippen LogP contribution in [-0.2, 0) is 11.2 Å². The summed E-state index contributed by atoms with van der Waals surface area (Å²) < 4.78 is 18.7. The van der Waals surface area contributed by atoms with E-state index in [1.54, 1.807) is 0 Å². The molecule has 1 saturated heterocycles. The maximum atomic E-state index is 13.1. The van der Waals surface area contributed by atoms with Gasteiger partial charge in [0.1, 0.15) is 5.82 Å². The van der Waals surface area contributed by atoms with E-state index in [1.165, 1.54) is 24.6 Å². The average Bonchev–Trinajstić information content (AvgIpc) is 2.42. The van der Waals surface area contributed by atoms with Gasteiger partial charge in [-0.1, -0.05) is 11.6 Å². The Morgan fingerprint density at radius 1 is 1.42 bits per heavy atom. The Kier molecular flexibility index (Phi) is 5.61. The zero-order valence-electron chi connectivity index (χ0n) is 10.9. The minimum atomic E-state index is -0.496. The molecule has 2 rings (SSSR count). The SMILES string of the molecule is OC(CCC1CCCCO1)Cc1cc(F)ccc1Cl. The molecule has 19 heavy (non-hydrogen) atoms. The lowest BCUT2D eigenvalue weighted by Crippen LogP contribution is -2.21. The van der Waals surface area contributed by atoms with E-state index in [0.29, 0.717) is 23.4 Å². The average molecular weight is 287 g/mol. The Hall–Kier alpha value is -0.640. The molecule has 2 unspecified atom stereocenters. The Labute approximate surface area is 118 Å². The van der Waals surface area contributed by atoms with Gasteiger partial charge in [-0.15, -0.1) is 0 Å². The fraction of sp³-hybridized carbons (Fsp3) is 0.600. The largest absolute Gasteiger partial charge is 0.393 e. The van der Waals surface area contributed by atoms with Gasteiger partial charge in [-0.25, -0.2) is 4.39 Å². The second-order valence-electron chi connectivity index (χ2n) is 5.16. The Morgan fingerprint density at radius 2 is 2.26 bits per heavy atom. The number of hydrogen-bond donors (Lipinski definition) is 1. The van der Waals surface area contributed by atoms with Crippen LogP contribution in [0.3, 0.4) is 0 Å². The molecule has 1 fully saturated rings. The van der Waals surface area contributed by atoms with Crippen LogP contribution in [0.5, 0.6) is 0 Å². The van der Waals surface area contributed by atoms with Crippen LogP contribution in [0.4, 0.5) is 4.39 Å². The molecule has 0 saturated carbocycles. The van der Waals surface area contributed by atoms with Crippen LogP contribution in [0.25, 0.3) is 0 Å². The van der Waals surface area contributed by atoms with Crippen molar-refractivity contribution >= 4 is 11.6 Å². The molecule has 2 nitrogen and oxygen atoms in total. The lowest BCUT2D eigenvalue weighted by atomic mass is 9.99.